The molecule has 0 aliphatic carbocycles. The van der Waals surface area contributed by atoms with Crippen molar-refractivity contribution in [2.45, 2.75) is 44.1 Å². The van der Waals surface area contributed by atoms with Crippen LogP contribution in [0.5, 0.6) is 0 Å². The van der Waals surface area contributed by atoms with Gasteiger partial charge in [-0.15, -0.1) is 0 Å². The van der Waals surface area contributed by atoms with E-state index in [1.807, 2.05) is 30.3 Å². The molecule has 0 aromatic heterocycles. The number of rotatable bonds is 11. The molecule has 0 heterocycles. The third-order valence-electron chi connectivity index (χ3n) is 3.13. The van der Waals surface area contributed by atoms with Crippen molar-refractivity contribution in [1.82, 2.24) is 0 Å². The molecule has 4 N–H and O–H groups in total. The minimum absolute atomic E-state index is 0.168. The molecule has 2 unspecified atom stereocenters. The minimum Gasteiger partial charge on any atom is -0.391 e. The SMILES string of the molecule is CCO[PH](=O)C(O)C[C@@H](O)[C@@H](O)[C@@H](O)C=NOCc1ccccc1. The Morgan fingerprint density at radius 1 is 1.21 bits per heavy atom. The lowest BCUT2D eigenvalue weighted by atomic mass is 10.1. The lowest BCUT2D eigenvalue weighted by Crippen LogP contribution is -2.39. The molecule has 0 saturated heterocycles. The summed E-state index contributed by atoms with van der Waals surface area (Å²) >= 11 is 0. The molecule has 9 heteroatoms. The summed E-state index contributed by atoms with van der Waals surface area (Å²) in [5.41, 5.74) is 0.883. The molecule has 1 aromatic rings. The monoisotopic (exact) mass is 361 g/mol. The maximum atomic E-state index is 11.4. The van der Waals surface area contributed by atoms with Gasteiger partial charge >= 0.3 is 0 Å². The fraction of sp³-hybridized carbons (Fsp3) is 0.533. The molecule has 1 rings (SSSR count). The van der Waals surface area contributed by atoms with Crippen LogP contribution in [-0.2, 0) is 20.5 Å². The highest BCUT2D eigenvalue weighted by atomic mass is 31.1. The number of benzene rings is 1. The molecule has 0 bridgehead atoms. The second-order valence-corrected chi connectivity index (χ2v) is 6.66. The molecular formula is C15H24NO7P. The summed E-state index contributed by atoms with van der Waals surface area (Å²) in [6, 6.07) is 9.23. The average Bonchev–Trinajstić information content (AvgIpc) is 2.58. The third kappa shape index (κ3) is 7.53. The molecule has 136 valence electrons. The number of oxime groups is 1. The lowest BCUT2D eigenvalue weighted by molar-refractivity contribution is -0.0459. The van der Waals surface area contributed by atoms with Crippen molar-refractivity contribution in [3.63, 3.8) is 0 Å². The first-order chi connectivity index (χ1) is 11.5. The van der Waals surface area contributed by atoms with Crippen molar-refractivity contribution in [3.05, 3.63) is 35.9 Å². The molecule has 8 nitrogen and oxygen atoms in total. The quantitative estimate of drug-likeness (QED) is 0.256. The van der Waals surface area contributed by atoms with E-state index in [9.17, 15) is 25.0 Å². The molecule has 0 fully saturated rings. The van der Waals surface area contributed by atoms with Gasteiger partial charge in [-0.1, -0.05) is 35.5 Å². The van der Waals surface area contributed by atoms with Crippen molar-refractivity contribution in [2.75, 3.05) is 6.61 Å². The van der Waals surface area contributed by atoms with Gasteiger partial charge in [-0.05, 0) is 12.5 Å². The van der Waals surface area contributed by atoms with Crippen LogP contribution in [0.3, 0.4) is 0 Å². The van der Waals surface area contributed by atoms with Crippen LogP contribution in [0, 0.1) is 0 Å². The summed E-state index contributed by atoms with van der Waals surface area (Å²) in [6.07, 6.45) is -4.06. The average molecular weight is 361 g/mol. The van der Waals surface area contributed by atoms with Crippen molar-refractivity contribution in [1.29, 1.82) is 0 Å². The van der Waals surface area contributed by atoms with Crippen molar-refractivity contribution >= 4 is 14.2 Å². The highest BCUT2D eigenvalue weighted by molar-refractivity contribution is 7.39. The Morgan fingerprint density at radius 2 is 1.88 bits per heavy atom. The van der Waals surface area contributed by atoms with Crippen LogP contribution in [-0.4, -0.2) is 57.4 Å². The van der Waals surface area contributed by atoms with Gasteiger partial charge in [-0.3, -0.25) is 4.57 Å². The van der Waals surface area contributed by atoms with Crippen LogP contribution in [0.4, 0.5) is 0 Å². The third-order valence-corrected chi connectivity index (χ3v) is 4.48. The topological polar surface area (TPSA) is 129 Å². The van der Waals surface area contributed by atoms with E-state index < -0.39 is 38.6 Å². The first-order valence-electron chi connectivity index (χ1n) is 7.54. The van der Waals surface area contributed by atoms with Gasteiger partial charge in [-0.2, -0.15) is 0 Å². The maximum Gasteiger partial charge on any atom is 0.219 e. The van der Waals surface area contributed by atoms with Gasteiger partial charge < -0.3 is 29.8 Å². The molecule has 0 spiro atoms. The molecule has 0 radical (unpaired) electrons. The van der Waals surface area contributed by atoms with E-state index in [1.54, 1.807) is 6.92 Å². The van der Waals surface area contributed by atoms with E-state index in [2.05, 4.69) is 5.16 Å². The number of nitrogens with zero attached hydrogens (tertiary/aromatic N) is 1. The van der Waals surface area contributed by atoms with Crippen LogP contribution in [0.1, 0.15) is 18.9 Å². The predicted molar refractivity (Wildman–Crippen MR) is 89.0 cm³/mol. The fourth-order valence-electron chi connectivity index (χ4n) is 1.81. The normalized spacial score (nSPS) is 18.0. The Kier molecular flexibility index (Phi) is 9.78. The molecule has 0 saturated carbocycles. The largest absolute Gasteiger partial charge is 0.391 e. The highest BCUT2D eigenvalue weighted by Gasteiger charge is 2.28. The summed E-state index contributed by atoms with van der Waals surface area (Å²) in [5.74, 6) is -1.40. The lowest BCUT2D eigenvalue weighted by Gasteiger charge is -2.22. The van der Waals surface area contributed by atoms with Gasteiger partial charge in [0, 0.05) is 6.42 Å². The minimum atomic E-state index is -2.73. The first-order valence-corrected chi connectivity index (χ1v) is 8.93. The van der Waals surface area contributed by atoms with Crippen molar-refractivity contribution in [2.24, 2.45) is 5.16 Å². The summed E-state index contributed by atoms with van der Waals surface area (Å²) in [6.45, 7) is 1.98. The van der Waals surface area contributed by atoms with Crippen LogP contribution in [0.25, 0.3) is 0 Å². The zero-order valence-electron chi connectivity index (χ0n) is 13.4. The van der Waals surface area contributed by atoms with Crippen molar-refractivity contribution in [3.8, 4) is 0 Å². The van der Waals surface area contributed by atoms with Gasteiger partial charge in [0.05, 0.1) is 18.9 Å². The number of hydrogen-bond donors (Lipinski definition) is 4. The molecule has 5 atom stereocenters. The van der Waals surface area contributed by atoms with Crippen LogP contribution >= 0.6 is 8.03 Å². The zero-order chi connectivity index (χ0) is 17.9. The van der Waals surface area contributed by atoms with Gasteiger partial charge in [0.25, 0.3) is 0 Å². The number of hydrogen-bond acceptors (Lipinski definition) is 8. The van der Waals surface area contributed by atoms with Gasteiger partial charge in [-0.25, -0.2) is 0 Å². The first kappa shape index (κ1) is 20.8. The van der Waals surface area contributed by atoms with E-state index in [0.29, 0.717) is 0 Å². The van der Waals surface area contributed by atoms with Crippen LogP contribution in [0.15, 0.2) is 35.5 Å². The van der Waals surface area contributed by atoms with Gasteiger partial charge in [0.2, 0.25) is 8.03 Å². The molecule has 0 aliphatic heterocycles. The summed E-state index contributed by atoms with van der Waals surface area (Å²) in [7, 11) is -2.73. The Balaban J connectivity index is 2.38. The standard InChI is InChI=1S/C15H24NO7P/c1-2-23-24(21)14(19)8-12(17)15(20)13(18)9-16-22-10-11-6-4-3-5-7-11/h3-7,9,12-15,17-20,24H,2,8,10H2,1H3/t12-,13+,14?,15-/m1/s1. The van der Waals surface area contributed by atoms with E-state index in [0.717, 1.165) is 11.8 Å². The molecule has 0 aliphatic rings. The Labute approximate surface area is 141 Å². The number of aliphatic hydroxyl groups excluding tert-OH is 4. The molecule has 24 heavy (non-hydrogen) atoms. The Morgan fingerprint density at radius 3 is 2.50 bits per heavy atom. The second kappa shape index (κ2) is 11.3. The second-order valence-electron chi connectivity index (χ2n) is 5.07. The molecule has 0 amide bonds. The molecular weight excluding hydrogens is 337 g/mol. The summed E-state index contributed by atoms with van der Waals surface area (Å²) < 4.78 is 16.2. The van der Waals surface area contributed by atoms with E-state index >= 15 is 0 Å². The zero-order valence-corrected chi connectivity index (χ0v) is 14.4. The van der Waals surface area contributed by atoms with Crippen LogP contribution < -0.4 is 0 Å². The Hall–Kier alpha value is -1.28. The smallest absolute Gasteiger partial charge is 0.219 e. The number of aliphatic hydroxyl groups is 4. The van der Waals surface area contributed by atoms with E-state index in [-0.39, 0.29) is 13.2 Å². The van der Waals surface area contributed by atoms with Crippen LogP contribution in [0.2, 0.25) is 0 Å². The predicted octanol–water partition coefficient (Wildman–Crippen LogP) is 0.491. The van der Waals surface area contributed by atoms with Gasteiger partial charge in [0.1, 0.15) is 24.7 Å². The summed E-state index contributed by atoms with van der Waals surface area (Å²) in [4.78, 5) is 4.97. The van der Waals surface area contributed by atoms with Crippen molar-refractivity contribution < 1.29 is 34.4 Å². The summed E-state index contributed by atoms with van der Waals surface area (Å²) in [5, 5.41) is 42.4. The highest BCUT2D eigenvalue weighted by Crippen LogP contribution is 2.30. The molecule has 1 aromatic carbocycles. The fourth-order valence-corrected chi connectivity index (χ4v) is 2.72. The van der Waals surface area contributed by atoms with E-state index in [4.69, 9.17) is 9.36 Å². The van der Waals surface area contributed by atoms with E-state index in [1.165, 1.54) is 0 Å². The Bertz CT molecular complexity index is 514. The maximum absolute atomic E-state index is 11.4. The van der Waals surface area contributed by atoms with Gasteiger partial charge in [0.15, 0.2) is 0 Å².